The van der Waals surface area contributed by atoms with Crippen LogP contribution in [0.15, 0.2) is 11.6 Å². The molecule has 11 heavy (non-hydrogen) atoms. The van der Waals surface area contributed by atoms with Gasteiger partial charge in [-0.05, 0) is 24.8 Å². The van der Waals surface area contributed by atoms with Crippen molar-refractivity contribution < 1.29 is 4.79 Å². The van der Waals surface area contributed by atoms with Crippen LogP contribution in [0.2, 0.25) is 0 Å². The lowest BCUT2D eigenvalue weighted by atomic mass is 10.0. The van der Waals surface area contributed by atoms with E-state index >= 15 is 0 Å². The van der Waals surface area contributed by atoms with Crippen LogP contribution < -0.4 is 0 Å². The Morgan fingerprint density at radius 3 is 2.64 bits per heavy atom. The zero-order valence-corrected chi connectivity index (χ0v) is 7.55. The molecule has 0 amide bonds. The standard InChI is InChI=1S/C10H16O/c1-7(2)4-9-5-8(3)10(11)6-9/h6-8H,4-5H2,1-3H3. The fourth-order valence-electron chi connectivity index (χ4n) is 1.56. The first-order valence-corrected chi connectivity index (χ1v) is 4.33. The van der Waals surface area contributed by atoms with E-state index in [0.717, 1.165) is 12.8 Å². The van der Waals surface area contributed by atoms with Crippen LogP contribution in [-0.2, 0) is 4.79 Å². The van der Waals surface area contributed by atoms with Crippen LogP contribution in [0.5, 0.6) is 0 Å². The molecule has 1 heteroatoms. The predicted octanol–water partition coefficient (Wildman–Crippen LogP) is 2.57. The number of allylic oxidation sites excluding steroid dienone is 2. The third-order valence-corrected chi connectivity index (χ3v) is 2.07. The fourth-order valence-corrected chi connectivity index (χ4v) is 1.56. The Morgan fingerprint density at radius 2 is 2.27 bits per heavy atom. The number of carbonyl (C=O) groups excluding carboxylic acids is 1. The number of rotatable bonds is 2. The molecule has 1 unspecified atom stereocenters. The molecule has 0 saturated heterocycles. The van der Waals surface area contributed by atoms with E-state index in [9.17, 15) is 4.79 Å². The molecule has 0 heterocycles. The topological polar surface area (TPSA) is 17.1 Å². The maximum Gasteiger partial charge on any atom is 0.158 e. The average molecular weight is 152 g/mol. The molecule has 0 aromatic heterocycles. The quantitative estimate of drug-likeness (QED) is 0.594. The van der Waals surface area contributed by atoms with Crippen molar-refractivity contribution in [1.82, 2.24) is 0 Å². The summed E-state index contributed by atoms with van der Waals surface area (Å²) in [6.07, 6.45) is 3.93. The van der Waals surface area contributed by atoms with Crippen molar-refractivity contribution in [3.63, 3.8) is 0 Å². The Labute approximate surface area is 68.5 Å². The van der Waals surface area contributed by atoms with E-state index in [1.54, 1.807) is 0 Å². The Balaban J connectivity index is 2.50. The maximum absolute atomic E-state index is 11.1. The second-order valence-electron chi connectivity index (χ2n) is 3.91. The number of carbonyl (C=O) groups is 1. The lowest BCUT2D eigenvalue weighted by Gasteiger charge is -2.05. The largest absolute Gasteiger partial charge is 0.295 e. The van der Waals surface area contributed by atoms with Crippen molar-refractivity contribution in [3.05, 3.63) is 11.6 Å². The summed E-state index contributed by atoms with van der Waals surface area (Å²) in [6.45, 7) is 6.38. The van der Waals surface area contributed by atoms with Crippen LogP contribution in [0.3, 0.4) is 0 Å². The van der Waals surface area contributed by atoms with Crippen molar-refractivity contribution in [2.75, 3.05) is 0 Å². The SMILES string of the molecule is CC(C)CC1=CC(=O)C(C)C1. The molecule has 1 nitrogen and oxygen atoms in total. The first kappa shape index (κ1) is 8.51. The van der Waals surface area contributed by atoms with Crippen molar-refractivity contribution in [3.8, 4) is 0 Å². The highest BCUT2D eigenvalue weighted by atomic mass is 16.1. The van der Waals surface area contributed by atoms with Gasteiger partial charge in [-0.25, -0.2) is 0 Å². The number of ketones is 1. The summed E-state index contributed by atoms with van der Waals surface area (Å²) in [7, 11) is 0. The minimum Gasteiger partial charge on any atom is -0.295 e. The summed E-state index contributed by atoms with van der Waals surface area (Å²) in [4.78, 5) is 11.1. The molecule has 0 N–H and O–H groups in total. The lowest BCUT2D eigenvalue weighted by Crippen LogP contribution is -1.99. The van der Waals surface area contributed by atoms with Gasteiger partial charge in [0, 0.05) is 5.92 Å². The molecule has 1 aliphatic rings. The number of hydrogen-bond donors (Lipinski definition) is 0. The molecule has 0 saturated carbocycles. The zero-order chi connectivity index (χ0) is 8.43. The Morgan fingerprint density at radius 1 is 1.64 bits per heavy atom. The highest BCUT2D eigenvalue weighted by molar-refractivity contribution is 5.94. The molecule has 0 spiro atoms. The van der Waals surface area contributed by atoms with Gasteiger partial charge >= 0.3 is 0 Å². The van der Waals surface area contributed by atoms with E-state index in [1.807, 2.05) is 13.0 Å². The normalized spacial score (nSPS) is 24.5. The lowest BCUT2D eigenvalue weighted by molar-refractivity contribution is -0.116. The first-order valence-electron chi connectivity index (χ1n) is 4.33. The van der Waals surface area contributed by atoms with E-state index in [4.69, 9.17) is 0 Å². The molecule has 1 aliphatic carbocycles. The molecule has 1 rings (SSSR count). The monoisotopic (exact) mass is 152 g/mol. The third kappa shape index (κ3) is 2.18. The predicted molar refractivity (Wildman–Crippen MR) is 46.3 cm³/mol. The van der Waals surface area contributed by atoms with Crippen LogP contribution in [-0.4, -0.2) is 5.78 Å². The van der Waals surface area contributed by atoms with Crippen molar-refractivity contribution in [1.29, 1.82) is 0 Å². The van der Waals surface area contributed by atoms with Gasteiger partial charge in [-0.3, -0.25) is 4.79 Å². The third-order valence-electron chi connectivity index (χ3n) is 2.07. The summed E-state index contributed by atoms with van der Waals surface area (Å²) < 4.78 is 0. The molecule has 0 aromatic carbocycles. The van der Waals surface area contributed by atoms with Crippen molar-refractivity contribution in [2.45, 2.75) is 33.6 Å². The van der Waals surface area contributed by atoms with Gasteiger partial charge in [-0.15, -0.1) is 0 Å². The Bertz CT molecular complexity index is 189. The highest BCUT2D eigenvalue weighted by Gasteiger charge is 2.20. The van der Waals surface area contributed by atoms with Gasteiger partial charge in [0.05, 0.1) is 0 Å². The van der Waals surface area contributed by atoms with E-state index in [0.29, 0.717) is 11.7 Å². The molecule has 62 valence electrons. The van der Waals surface area contributed by atoms with Gasteiger partial charge in [-0.1, -0.05) is 26.3 Å². The maximum atomic E-state index is 11.1. The van der Waals surface area contributed by atoms with Crippen molar-refractivity contribution in [2.24, 2.45) is 11.8 Å². The zero-order valence-electron chi connectivity index (χ0n) is 7.55. The van der Waals surface area contributed by atoms with Crippen LogP contribution in [0, 0.1) is 11.8 Å². The van der Waals surface area contributed by atoms with Gasteiger partial charge in [0.25, 0.3) is 0 Å². The van der Waals surface area contributed by atoms with Gasteiger partial charge < -0.3 is 0 Å². The van der Waals surface area contributed by atoms with Gasteiger partial charge in [0.2, 0.25) is 0 Å². The molecule has 0 bridgehead atoms. The summed E-state index contributed by atoms with van der Waals surface area (Å²) in [5, 5.41) is 0. The molecule has 0 fully saturated rings. The molecular formula is C10H16O. The smallest absolute Gasteiger partial charge is 0.158 e. The minimum atomic E-state index is 0.253. The highest BCUT2D eigenvalue weighted by Crippen LogP contribution is 2.26. The van der Waals surface area contributed by atoms with E-state index < -0.39 is 0 Å². The molecule has 1 atom stereocenters. The summed E-state index contributed by atoms with van der Waals surface area (Å²) in [6, 6.07) is 0. The minimum absolute atomic E-state index is 0.253. The van der Waals surface area contributed by atoms with Crippen LogP contribution in [0.25, 0.3) is 0 Å². The summed E-state index contributed by atoms with van der Waals surface area (Å²) in [5.41, 5.74) is 1.34. The van der Waals surface area contributed by atoms with E-state index in [1.165, 1.54) is 5.57 Å². The second-order valence-corrected chi connectivity index (χ2v) is 3.91. The van der Waals surface area contributed by atoms with Crippen LogP contribution in [0.4, 0.5) is 0 Å². The second kappa shape index (κ2) is 3.21. The van der Waals surface area contributed by atoms with Gasteiger partial charge in [-0.2, -0.15) is 0 Å². The van der Waals surface area contributed by atoms with Crippen LogP contribution >= 0.6 is 0 Å². The van der Waals surface area contributed by atoms with Crippen LogP contribution in [0.1, 0.15) is 33.6 Å². The van der Waals surface area contributed by atoms with E-state index in [-0.39, 0.29) is 5.92 Å². The molecule has 0 radical (unpaired) electrons. The van der Waals surface area contributed by atoms with Crippen molar-refractivity contribution >= 4 is 5.78 Å². The molecule has 0 aliphatic heterocycles. The average Bonchev–Trinajstić information content (AvgIpc) is 2.10. The summed E-state index contributed by atoms with van der Waals surface area (Å²) in [5.74, 6) is 1.25. The fraction of sp³-hybridized carbons (Fsp3) is 0.700. The summed E-state index contributed by atoms with van der Waals surface area (Å²) >= 11 is 0. The Kier molecular flexibility index (Phi) is 2.48. The van der Waals surface area contributed by atoms with Gasteiger partial charge in [0.15, 0.2) is 5.78 Å². The molecule has 0 aromatic rings. The van der Waals surface area contributed by atoms with Gasteiger partial charge in [0.1, 0.15) is 0 Å². The van der Waals surface area contributed by atoms with E-state index in [2.05, 4.69) is 13.8 Å². The Hall–Kier alpha value is -0.590. The number of hydrogen-bond acceptors (Lipinski definition) is 1. The molecular weight excluding hydrogens is 136 g/mol. The first-order chi connectivity index (χ1) is 5.09.